The molecule has 5 nitrogen and oxygen atoms in total. The first-order valence-corrected chi connectivity index (χ1v) is 11.5. The highest BCUT2D eigenvalue weighted by atomic mass is 16.6. The molecule has 1 amide bonds. The third-order valence-corrected chi connectivity index (χ3v) is 5.28. The second-order valence-electron chi connectivity index (χ2n) is 8.95. The molecular weight excluding hydrogens is 410 g/mol. The SMILES string of the molecule is CC(C)(C)OC(=O)NCCNCCNC(c1ccccc1)(c1ccccc1)c1ccccc1. The molecule has 0 spiro atoms. The molecule has 3 aromatic carbocycles. The first-order chi connectivity index (χ1) is 15.9. The minimum Gasteiger partial charge on any atom is -0.444 e. The minimum absolute atomic E-state index is 0.390. The number of benzene rings is 3. The van der Waals surface area contributed by atoms with Gasteiger partial charge in [-0.25, -0.2) is 4.79 Å². The summed E-state index contributed by atoms with van der Waals surface area (Å²) in [7, 11) is 0. The molecule has 0 unspecified atom stereocenters. The van der Waals surface area contributed by atoms with Gasteiger partial charge in [-0.2, -0.15) is 0 Å². The molecule has 0 bridgehead atoms. The fourth-order valence-electron chi connectivity index (χ4n) is 3.90. The van der Waals surface area contributed by atoms with Gasteiger partial charge in [0.15, 0.2) is 0 Å². The van der Waals surface area contributed by atoms with Gasteiger partial charge in [-0.1, -0.05) is 91.0 Å². The standard InChI is InChI=1S/C28H35N3O2/c1-27(2,3)33-26(32)30-21-19-29-20-22-31-28(23-13-7-4-8-14-23,24-15-9-5-10-16-24)25-17-11-6-12-18-25/h4-18,29,31H,19-22H2,1-3H3,(H,30,32). The number of carbonyl (C=O) groups is 1. The summed E-state index contributed by atoms with van der Waals surface area (Å²) in [6.07, 6.45) is -0.390. The number of amides is 1. The van der Waals surface area contributed by atoms with E-state index in [4.69, 9.17) is 4.74 Å². The smallest absolute Gasteiger partial charge is 0.407 e. The predicted octanol–water partition coefficient (Wildman–Crippen LogP) is 4.68. The van der Waals surface area contributed by atoms with Crippen LogP contribution in [0.1, 0.15) is 37.5 Å². The van der Waals surface area contributed by atoms with Crippen LogP contribution in [0.25, 0.3) is 0 Å². The van der Waals surface area contributed by atoms with Crippen molar-refractivity contribution < 1.29 is 9.53 Å². The van der Waals surface area contributed by atoms with Crippen LogP contribution in [0.5, 0.6) is 0 Å². The van der Waals surface area contributed by atoms with Crippen molar-refractivity contribution in [2.45, 2.75) is 31.9 Å². The molecule has 5 heteroatoms. The molecular formula is C28H35N3O2. The van der Waals surface area contributed by atoms with E-state index in [1.807, 2.05) is 39.0 Å². The molecule has 33 heavy (non-hydrogen) atoms. The van der Waals surface area contributed by atoms with Crippen molar-refractivity contribution >= 4 is 6.09 Å². The summed E-state index contributed by atoms with van der Waals surface area (Å²) in [5.41, 5.74) is 2.61. The van der Waals surface area contributed by atoms with Gasteiger partial charge in [0.2, 0.25) is 0 Å². The molecule has 3 aromatic rings. The van der Waals surface area contributed by atoms with Crippen molar-refractivity contribution in [2.75, 3.05) is 26.2 Å². The molecule has 0 aromatic heterocycles. The fraction of sp³-hybridized carbons (Fsp3) is 0.321. The van der Waals surface area contributed by atoms with Crippen LogP contribution in [0.3, 0.4) is 0 Å². The summed E-state index contributed by atoms with van der Waals surface area (Å²) >= 11 is 0. The first-order valence-electron chi connectivity index (χ1n) is 11.5. The molecule has 0 aliphatic heterocycles. The van der Waals surface area contributed by atoms with E-state index in [0.717, 1.165) is 13.1 Å². The summed E-state index contributed by atoms with van der Waals surface area (Å²) in [5, 5.41) is 10.0. The number of ether oxygens (including phenoxy) is 1. The third kappa shape index (κ3) is 6.91. The number of carbonyl (C=O) groups excluding carboxylic acids is 1. The molecule has 0 saturated heterocycles. The number of nitrogens with one attached hydrogen (secondary N) is 3. The van der Waals surface area contributed by atoms with Gasteiger partial charge < -0.3 is 15.4 Å². The molecule has 0 atom stereocenters. The van der Waals surface area contributed by atoms with Crippen LogP contribution in [0.4, 0.5) is 4.79 Å². The second kappa shape index (κ2) is 11.6. The van der Waals surface area contributed by atoms with E-state index in [-0.39, 0.29) is 0 Å². The lowest BCUT2D eigenvalue weighted by atomic mass is 9.77. The van der Waals surface area contributed by atoms with Crippen molar-refractivity contribution in [1.82, 2.24) is 16.0 Å². The Morgan fingerprint density at radius 1 is 0.667 bits per heavy atom. The second-order valence-corrected chi connectivity index (χ2v) is 8.95. The lowest BCUT2D eigenvalue weighted by Gasteiger charge is -2.37. The maximum atomic E-state index is 11.8. The maximum absolute atomic E-state index is 11.8. The average Bonchev–Trinajstić information content (AvgIpc) is 2.82. The Bertz CT molecular complexity index is 874. The monoisotopic (exact) mass is 445 g/mol. The number of hydrogen-bond donors (Lipinski definition) is 3. The number of hydrogen-bond acceptors (Lipinski definition) is 4. The fourth-order valence-corrected chi connectivity index (χ4v) is 3.90. The zero-order valence-corrected chi connectivity index (χ0v) is 19.8. The zero-order chi connectivity index (χ0) is 23.6. The van der Waals surface area contributed by atoms with E-state index < -0.39 is 17.2 Å². The van der Waals surface area contributed by atoms with Crippen molar-refractivity contribution in [3.63, 3.8) is 0 Å². The minimum atomic E-state index is -0.489. The molecule has 0 radical (unpaired) electrons. The van der Waals surface area contributed by atoms with Gasteiger partial charge in [0.05, 0.1) is 5.54 Å². The van der Waals surface area contributed by atoms with Crippen LogP contribution in [0, 0.1) is 0 Å². The van der Waals surface area contributed by atoms with Crippen LogP contribution < -0.4 is 16.0 Å². The van der Waals surface area contributed by atoms with E-state index in [2.05, 4.69) is 88.7 Å². The molecule has 0 aliphatic carbocycles. The van der Waals surface area contributed by atoms with Gasteiger partial charge in [0, 0.05) is 26.2 Å². The van der Waals surface area contributed by atoms with Crippen LogP contribution in [-0.2, 0) is 10.3 Å². The Morgan fingerprint density at radius 2 is 1.09 bits per heavy atom. The lowest BCUT2D eigenvalue weighted by molar-refractivity contribution is 0.0528. The zero-order valence-electron chi connectivity index (χ0n) is 19.8. The van der Waals surface area contributed by atoms with E-state index >= 15 is 0 Å². The molecule has 0 fully saturated rings. The molecule has 0 aliphatic rings. The summed E-state index contributed by atoms with van der Waals surface area (Å²) < 4.78 is 5.27. The first kappa shape index (κ1) is 24.5. The highest BCUT2D eigenvalue weighted by molar-refractivity contribution is 5.67. The van der Waals surface area contributed by atoms with E-state index in [0.29, 0.717) is 13.1 Å². The van der Waals surface area contributed by atoms with Crippen LogP contribution in [0.2, 0.25) is 0 Å². The van der Waals surface area contributed by atoms with Gasteiger partial charge in [0.25, 0.3) is 0 Å². The highest BCUT2D eigenvalue weighted by Crippen LogP contribution is 2.36. The van der Waals surface area contributed by atoms with Gasteiger partial charge in [-0.3, -0.25) is 5.32 Å². The van der Waals surface area contributed by atoms with Crippen molar-refractivity contribution in [1.29, 1.82) is 0 Å². The van der Waals surface area contributed by atoms with Crippen molar-refractivity contribution in [2.24, 2.45) is 0 Å². The topological polar surface area (TPSA) is 62.4 Å². The molecule has 174 valence electrons. The van der Waals surface area contributed by atoms with Crippen molar-refractivity contribution in [3.8, 4) is 0 Å². The van der Waals surface area contributed by atoms with Gasteiger partial charge >= 0.3 is 6.09 Å². The Hall–Kier alpha value is -3.15. The van der Waals surface area contributed by atoms with Crippen molar-refractivity contribution in [3.05, 3.63) is 108 Å². The molecule has 0 saturated carbocycles. The van der Waals surface area contributed by atoms with Gasteiger partial charge in [-0.05, 0) is 37.5 Å². The average molecular weight is 446 g/mol. The summed E-state index contributed by atoms with van der Waals surface area (Å²) in [4.78, 5) is 11.8. The quantitative estimate of drug-likeness (QED) is 0.313. The summed E-state index contributed by atoms with van der Waals surface area (Å²) in [6, 6.07) is 31.7. The van der Waals surface area contributed by atoms with Gasteiger partial charge in [-0.15, -0.1) is 0 Å². The van der Waals surface area contributed by atoms with E-state index in [1.165, 1.54) is 16.7 Å². The maximum Gasteiger partial charge on any atom is 0.407 e. The van der Waals surface area contributed by atoms with E-state index in [1.54, 1.807) is 0 Å². The largest absolute Gasteiger partial charge is 0.444 e. The summed E-state index contributed by atoms with van der Waals surface area (Å²) in [6.45, 7) is 8.24. The normalized spacial score (nSPS) is 11.7. The Kier molecular flexibility index (Phi) is 8.64. The van der Waals surface area contributed by atoms with Crippen LogP contribution in [0.15, 0.2) is 91.0 Å². The lowest BCUT2D eigenvalue weighted by Crippen LogP contribution is -2.47. The van der Waals surface area contributed by atoms with Crippen LogP contribution >= 0.6 is 0 Å². The van der Waals surface area contributed by atoms with E-state index in [9.17, 15) is 4.79 Å². The summed E-state index contributed by atoms with van der Waals surface area (Å²) in [5.74, 6) is 0. The molecule has 3 N–H and O–H groups in total. The Morgan fingerprint density at radius 3 is 1.52 bits per heavy atom. The third-order valence-electron chi connectivity index (χ3n) is 5.28. The number of rotatable bonds is 10. The highest BCUT2D eigenvalue weighted by Gasteiger charge is 2.35. The van der Waals surface area contributed by atoms with Crippen LogP contribution in [-0.4, -0.2) is 37.9 Å². The number of alkyl carbamates (subject to hydrolysis) is 1. The Labute approximate surface area is 197 Å². The molecule has 3 rings (SSSR count). The van der Waals surface area contributed by atoms with Gasteiger partial charge in [0.1, 0.15) is 5.60 Å². The predicted molar refractivity (Wildman–Crippen MR) is 134 cm³/mol. The Balaban J connectivity index is 1.68. The molecule has 0 heterocycles.